The van der Waals surface area contributed by atoms with Gasteiger partial charge < -0.3 is 19.4 Å². The number of nitrogens with two attached hydrogens (primary N) is 1. The molecule has 0 bridgehead atoms. The summed E-state index contributed by atoms with van der Waals surface area (Å²) in [4.78, 5) is 4.73. The molecule has 2 aromatic carbocycles. The Kier molecular flexibility index (Phi) is 9.55. The minimum Gasteiger partial charge on any atom is -0.384 e. The second-order valence-electron chi connectivity index (χ2n) is 9.97. The normalized spacial score (nSPS) is 10.7. The minimum atomic E-state index is 0.606. The maximum Gasteiger partial charge on any atom is 0.122 e. The first-order chi connectivity index (χ1) is 21.5. The predicted molar refractivity (Wildman–Crippen MR) is 187 cm³/mol. The SMILES string of the molecule is CCN(CC)c1c(-c2ccc(SC)cc2)c(C#N)c2ccccn12.CSc1ccc(-c2c(C#N)c3ccccn3c2N)cc1. The molecule has 0 aliphatic carbocycles. The molecule has 0 unspecified atom stereocenters. The molecule has 220 valence electrons. The van der Waals surface area contributed by atoms with Crippen molar-refractivity contribution in [1.29, 1.82) is 10.5 Å². The van der Waals surface area contributed by atoms with E-state index in [2.05, 4.69) is 65.8 Å². The van der Waals surface area contributed by atoms with Crippen LogP contribution in [0.15, 0.2) is 107 Å². The Hall–Kier alpha value is -4.76. The number of rotatable bonds is 7. The van der Waals surface area contributed by atoms with Crippen molar-refractivity contribution in [3.8, 4) is 34.4 Å². The second-order valence-corrected chi connectivity index (χ2v) is 11.7. The molecule has 2 N–H and O–H groups in total. The first kappa shape index (κ1) is 30.7. The zero-order valence-corrected chi connectivity index (χ0v) is 26.9. The zero-order valence-electron chi connectivity index (χ0n) is 25.3. The van der Waals surface area contributed by atoms with Gasteiger partial charge in [0.05, 0.1) is 22.2 Å². The fourth-order valence-electron chi connectivity index (χ4n) is 5.57. The number of nitrogen functional groups attached to an aromatic ring is 1. The molecule has 0 radical (unpaired) electrons. The van der Waals surface area contributed by atoms with E-state index in [0.29, 0.717) is 11.4 Å². The van der Waals surface area contributed by atoms with E-state index in [0.717, 1.165) is 57.8 Å². The van der Waals surface area contributed by atoms with Gasteiger partial charge in [0.1, 0.15) is 23.8 Å². The third kappa shape index (κ3) is 5.63. The van der Waals surface area contributed by atoms with Crippen LogP contribution < -0.4 is 10.6 Å². The van der Waals surface area contributed by atoms with Gasteiger partial charge in [-0.1, -0.05) is 36.4 Å². The van der Waals surface area contributed by atoms with Gasteiger partial charge in [-0.05, 0) is 86.0 Å². The second kappa shape index (κ2) is 13.7. The molecule has 0 amide bonds. The van der Waals surface area contributed by atoms with Gasteiger partial charge in [0.15, 0.2) is 0 Å². The average molecular weight is 615 g/mol. The van der Waals surface area contributed by atoms with E-state index in [1.165, 1.54) is 9.79 Å². The summed E-state index contributed by atoms with van der Waals surface area (Å²) in [7, 11) is 0. The molecule has 0 atom stereocenters. The molecule has 6 aromatic rings. The highest BCUT2D eigenvalue weighted by molar-refractivity contribution is 7.98. The number of hydrogen-bond acceptors (Lipinski definition) is 6. The first-order valence-corrected chi connectivity index (χ1v) is 16.8. The van der Waals surface area contributed by atoms with Crippen molar-refractivity contribution in [1.82, 2.24) is 8.80 Å². The fraction of sp³-hybridized carbons (Fsp3) is 0.167. The molecule has 6 rings (SSSR count). The Labute approximate surface area is 267 Å². The summed E-state index contributed by atoms with van der Waals surface area (Å²) >= 11 is 3.42. The van der Waals surface area contributed by atoms with Crippen LogP contribution in [0.3, 0.4) is 0 Å². The summed E-state index contributed by atoms with van der Waals surface area (Å²) in [5, 5.41) is 19.3. The number of fused-ring (bicyclic) bond motifs is 2. The van der Waals surface area contributed by atoms with Crippen molar-refractivity contribution in [2.75, 3.05) is 36.2 Å². The Morgan fingerprint density at radius 2 is 1.11 bits per heavy atom. The van der Waals surface area contributed by atoms with Gasteiger partial charge >= 0.3 is 0 Å². The highest BCUT2D eigenvalue weighted by atomic mass is 32.2. The Bertz CT molecular complexity index is 1990. The maximum absolute atomic E-state index is 9.83. The lowest BCUT2D eigenvalue weighted by atomic mass is 10.0. The Morgan fingerprint density at radius 1 is 0.659 bits per heavy atom. The van der Waals surface area contributed by atoms with Crippen molar-refractivity contribution >= 4 is 46.2 Å². The number of pyridine rings is 2. The number of hydrogen-bond donors (Lipinski definition) is 1. The number of anilines is 2. The van der Waals surface area contributed by atoms with E-state index in [-0.39, 0.29) is 0 Å². The summed E-state index contributed by atoms with van der Waals surface area (Å²) in [5.41, 5.74) is 13.3. The molecule has 0 fully saturated rings. The lowest BCUT2D eigenvalue weighted by molar-refractivity contribution is 0.840. The van der Waals surface area contributed by atoms with Gasteiger partial charge in [-0.2, -0.15) is 10.5 Å². The van der Waals surface area contributed by atoms with Crippen molar-refractivity contribution < 1.29 is 0 Å². The number of nitriles is 2. The van der Waals surface area contributed by atoms with Crippen LogP contribution in [-0.2, 0) is 0 Å². The van der Waals surface area contributed by atoms with Crippen LogP contribution in [0.1, 0.15) is 25.0 Å². The van der Waals surface area contributed by atoms with Crippen LogP contribution in [0, 0.1) is 22.7 Å². The molecule has 0 saturated heterocycles. The number of nitrogens with zero attached hydrogens (tertiary/aromatic N) is 5. The van der Waals surface area contributed by atoms with Crippen LogP contribution in [-0.4, -0.2) is 34.4 Å². The monoisotopic (exact) mass is 614 g/mol. The quantitative estimate of drug-likeness (QED) is 0.181. The molecular formula is C36H34N6S2. The van der Waals surface area contributed by atoms with Crippen molar-refractivity contribution in [3.05, 3.63) is 108 Å². The number of benzene rings is 2. The molecule has 44 heavy (non-hydrogen) atoms. The Balaban J connectivity index is 0.000000177. The zero-order chi connectivity index (χ0) is 31.2. The van der Waals surface area contributed by atoms with Gasteiger partial charge in [0.25, 0.3) is 0 Å². The van der Waals surface area contributed by atoms with Gasteiger partial charge in [-0.3, -0.25) is 0 Å². The van der Waals surface area contributed by atoms with Crippen molar-refractivity contribution in [3.63, 3.8) is 0 Å². The van der Waals surface area contributed by atoms with E-state index in [4.69, 9.17) is 5.73 Å². The fourth-order valence-corrected chi connectivity index (χ4v) is 6.38. The predicted octanol–water partition coefficient (Wildman–Crippen LogP) is 8.83. The van der Waals surface area contributed by atoms with E-state index in [1.807, 2.05) is 83.7 Å². The third-order valence-corrected chi connectivity index (χ3v) is 9.23. The third-order valence-electron chi connectivity index (χ3n) is 7.74. The first-order valence-electron chi connectivity index (χ1n) is 14.4. The van der Waals surface area contributed by atoms with Crippen molar-refractivity contribution in [2.45, 2.75) is 23.6 Å². The van der Waals surface area contributed by atoms with Crippen molar-refractivity contribution in [2.24, 2.45) is 0 Å². The largest absolute Gasteiger partial charge is 0.384 e. The highest BCUT2D eigenvalue weighted by Gasteiger charge is 2.22. The van der Waals surface area contributed by atoms with Crippen LogP contribution in [0.2, 0.25) is 0 Å². The molecule has 8 heteroatoms. The molecule has 0 spiro atoms. The Morgan fingerprint density at radius 3 is 1.59 bits per heavy atom. The number of aromatic nitrogens is 2. The molecule has 4 heterocycles. The standard InChI is InChI=1S/C20H21N3S.C16H13N3S/c1-4-22(5-2)20-19(15-9-11-16(24-3)12-10-15)17(14-21)18-8-6-7-13-23(18)20;1-20-12-7-5-11(6-8-12)15-13(10-17)14-4-2-3-9-19(14)16(15)18/h6-13H,4-5H2,1-3H3;2-9H,18H2,1H3. The summed E-state index contributed by atoms with van der Waals surface area (Å²) < 4.78 is 4.00. The molecule has 0 aliphatic rings. The average Bonchev–Trinajstić information content (AvgIpc) is 3.57. The van der Waals surface area contributed by atoms with Crippen LogP contribution in [0.5, 0.6) is 0 Å². The van der Waals surface area contributed by atoms with E-state index in [9.17, 15) is 10.5 Å². The molecule has 0 saturated carbocycles. The van der Waals surface area contributed by atoms with Crippen LogP contribution in [0.25, 0.3) is 33.3 Å². The topological polar surface area (TPSA) is 85.7 Å². The van der Waals surface area contributed by atoms with E-state index < -0.39 is 0 Å². The summed E-state index contributed by atoms with van der Waals surface area (Å²) in [6.45, 7) is 6.10. The lowest BCUT2D eigenvalue weighted by Crippen LogP contribution is -2.23. The van der Waals surface area contributed by atoms with E-state index >= 15 is 0 Å². The molecular weight excluding hydrogens is 581 g/mol. The van der Waals surface area contributed by atoms with Gasteiger partial charge in [-0.15, -0.1) is 23.5 Å². The smallest absolute Gasteiger partial charge is 0.122 e. The lowest BCUT2D eigenvalue weighted by Gasteiger charge is -2.23. The molecule has 0 aliphatic heterocycles. The summed E-state index contributed by atoms with van der Waals surface area (Å²) in [5.74, 6) is 1.71. The maximum atomic E-state index is 9.83. The summed E-state index contributed by atoms with van der Waals surface area (Å²) in [6, 6.07) is 33.1. The number of thioether (sulfide) groups is 2. The molecule has 4 aromatic heterocycles. The van der Waals surface area contributed by atoms with Gasteiger partial charge in [-0.25, -0.2) is 0 Å². The van der Waals surface area contributed by atoms with Gasteiger partial charge in [0, 0.05) is 46.4 Å². The van der Waals surface area contributed by atoms with E-state index in [1.54, 1.807) is 23.5 Å². The minimum absolute atomic E-state index is 0.606. The molecule has 6 nitrogen and oxygen atoms in total. The summed E-state index contributed by atoms with van der Waals surface area (Å²) in [6.07, 6.45) is 8.04. The van der Waals surface area contributed by atoms with Crippen LogP contribution >= 0.6 is 23.5 Å². The highest BCUT2D eigenvalue weighted by Crippen LogP contribution is 2.39. The van der Waals surface area contributed by atoms with Crippen LogP contribution in [0.4, 0.5) is 11.6 Å². The van der Waals surface area contributed by atoms with Gasteiger partial charge in [0.2, 0.25) is 0 Å².